The van der Waals surface area contributed by atoms with Crippen LogP contribution in [0, 0.1) is 13.8 Å². The van der Waals surface area contributed by atoms with Crippen molar-refractivity contribution in [1.82, 2.24) is 14.4 Å². The second-order valence-electron chi connectivity index (χ2n) is 7.87. The monoisotopic (exact) mass is 380 g/mol. The van der Waals surface area contributed by atoms with E-state index in [4.69, 9.17) is 0 Å². The van der Waals surface area contributed by atoms with E-state index < -0.39 is 0 Å². The van der Waals surface area contributed by atoms with Gasteiger partial charge in [-0.2, -0.15) is 0 Å². The number of rotatable bonds is 5. The molecule has 2 aromatic rings. The van der Waals surface area contributed by atoms with E-state index in [0.29, 0.717) is 25.7 Å². The lowest BCUT2D eigenvalue weighted by Crippen LogP contribution is -2.51. The Balaban J connectivity index is 1.30. The molecule has 2 amide bonds. The molecule has 28 heavy (non-hydrogen) atoms. The molecule has 1 aliphatic carbocycles. The molecule has 0 radical (unpaired) electrons. The van der Waals surface area contributed by atoms with Crippen molar-refractivity contribution in [3.63, 3.8) is 0 Å². The molecule has 0 unspecified atom stereocenters. The third kappa shape index (κ3) is 3.97. The first-order valence-corrected chi connectivity index (χ1v) is 10.1. The van der Waals surface area contributed by atoms with Gasteiger partial charge in [-0.25, -0.2) is 4.79 Å². The average molecular weight is 380 g/mol. The van der Waals surface area contributed by atoms with E-state index in [9.17, 15) is 9.59 Å². The molecule has 6 nitrogen and oxygen atoms in total. The number of nitrogens with one attached hydrogen (secondary N) is 1. The van der Waals surface area contributed by atoms with Crippen molar-refractivity contribution in [2.24, 2.45) is 0 Å². The Labute approximate surface area is 166 Å². The van der Waals surface area contributed by atoms with Gasteiger partial charge in [0.05, 0.1) is 6.54 Å². The highest BCUT2D eigenvalue weighted by atomic mass is 16.2. The number of benzene rings is 1. The summed E-state index contributed by atoms with van der Waals surface area (Å²) in [6.45, 7) is 7.27. The summed E-state index contributed by atoms with van der Waals surface area (Å²) < 4.78 is 2.32. The zero-order valence-corrected chi connectivity index (χ0v) is 16.6. The molecular weight excluding hydrogens is 352 g/mol. The highest BCUT2D eigenvalue weighted by Crippen LogP contribution is 2.38. The quantitative estimate of drug-likeness (QED) is 0.808. The van der Waals surface area contributed by atoms with Gasteiger partial charge in [-0.3, -0.25) is 9.69 Å². The van der Waals surface area contributed by atoms with Crippen LogP contribution in [0.4, 0.5) is 10.5 Å². The Bertz CT molecular complexity index is 862. The Kier molecular flexibility index (Phi) is 5.22. The normalized spacial score (nSPS) is 17.6. The fraction of sp³-hybridized carbons (Fsp3) is 0.455. The molecule has 6 heteroatoms. The summed E-state index contributed by atoms with van der Waals surface area (Å²) in [5, 5.41) is 2.92. The van der Waals surface area contributed by atoms with E-state index in [1.165, 1.54) is 18.5 Å². The standard InChI is InChI=1S/C22H28N4O2/c1-16-14-20(17(2)26(16)19-8-9-19)21(27)15-24-10-12-25(13-11-24)22(28)23-18-6-4-3-5-7-18/h3-7,14,19H,8-13,15H2,1-2H3,(H,23,28). The number of hydrogen-bond acceptors (Lipinski definition) is 3. The fourth-order valence-electron chi connectivity index (χ4n) is 4.08. The molecule has 1 saturated heterocycles. The summed E-state index contributed by atoms with van der Waals surface area (Å²) in [4.78, 5) is 29.2. The van der Waals surface area contributed by atoms with E-state index in [-0.39, 0.29) is 11.8 Å². The summed E-state index contributed by atoms with van der Waals surface area (Å²) in [5.74, 6) is 0.183. The molecule has 2 heterocycles. The first-order valence-electron chi connectivity index (χ1n) is 10.1. The maximum absolute atomic E-state index is 12.9. The first-order chi connectivity index (χ1) is 13.5. The Morgan fingerprint density at radius 3 is 2.36 bits per heavy atom. The van der Waals surface area contributed by atoms with Crippen LogP contribution in [0.15, 0.2) is 36.4 Å². The van der Waals surface area contributed by atoms with Gasteiger partial charge in [0.15, 0.2) is 5.78 Å². The van der Waals surface area contributed by atoms with Crippen molar-refractivity contribution in [2.45, 2.75) is 32.7 Å². The predicted molar refractivity (Wildman–Crippen MR) is 110 cm³/mol. The minimum absolute atomic E-state index is 0.0786. The molecule has 2 aliphatic rings. The lowest BCUT2D eigenvalue weighted by Gasteiger charge is -2.34. The van der Waals surface area contributed by atoms with E-state index in [2.05, 4.69) is 28.6 Å². The number of aryl methyl sites for hydroxylation is 1. The lowest BCUT2D eigenvalue weighted by atomic mass is 10.1. The summed E-state index contributed by atoms with van der Waals surface area (Å²) in [6.07, 6.45) is 2.44. The second kappa shape index (κ2) is 7.80. The van der Waals surface area contributed by atoms with Gasteiger partial charge in [-0.05, 0) is 44.9 Å². The number of carbonyl (C=O) groups excluding carboxylic acids is 2. The number of para-hydroxylation sites is 1. The van der Waals surface area contributed by atoms with Crippen LogP contribution in [-0.2, 0) is 0 Å². The van der Waals surface area contributed by atoms with Gasteiger partial charge >= 0.3 is 6.03 Å². The minimum Gasteiger partial charge on any atom is -0.345 e. The van der Waals surface area contributed by atoms with Crippen LogP contribution >= 0.6 is 0 Å². The highest BCUT2D eigenvalue weighted by molar-refractivity contribution is 5.99. The third-order valence-corrected chi connectivity index (χ3v) is 5.75. The Hall–Kier alpha value is -2.60. The van der Waals surface area contributed by atoms with Crippen LogP contribution in [0.1, 0.15) is 40.6 Å². The van der Waals surface area contributed by atoms with Gasteiger partial charge in [0.25, 0.3) is 0 Å². The zero-order valence-electron chi connectivity index (χ0n) is 16.6. The molecule has 1 aliphatic heterocycles. The zero-order chi connectivity index (χ0) is 19.7. The summed E-state index contributed by atoms with van der Waals surface area (Å²) in [7, 11) is 0. The number of Topliss-reactive ketones (excluding diaryl/α,β-unsaturated/α-hetero) is 1. The first kappa shape index (κ1) is 18.7. The van der Waals surface area contributed by atoms with Gasteiger partial charge in [0, 0.05) is 54.9 Å². The number of aromatic nitrogens is 1. The third-order valence-electron chi connectivity index (χ3n) is 5.75. The minimum atomic E-state index is -0.0786. The number of nitrogens with zero attached hydrogens (tertiary/aromatic N) is 3. The Morgan fingerprint density at radius 2 is 1.71 bits per heavy atom. The molecule has 1 saturated carbocycles. The number of anilines is 1. The van der Waals surface area contributed by atoms with Crippen LogP contribution in [0.3, 0.4) is 0 Å². The predicted octanol–water partition coefficient (Wildman–Crippen LogP) is 3.47. The van der Waals surface area contributed by atoms with Gasteiger partial charge in [-0.15, -0.1) is 0 Å². The van der Waals surface area contributed by atoms with Crippen molar-refractivity contribution >= 4 is 17.5 Å². The topological polar surface area (TPSA) is 57.6 Å². The van der Waals surface area contributed by atoms with Gasteiger partial charge < -0.3 is 14.8 Å². The van der Waals surface area contributed by atoms with E-state index >= 15 is 0 Å². The van der Waals surface area contributed by atoms with Crippen molar-refractivity contribution in [3.05, 3.63) is 53.3 Å². The number of carbonyl (C=O) groups is 2. The van der Waals surface area contributed by atoms with Crippen LogP contribution in [-0.4, -0.2) is 58.9 Å². The number of urea groups is 1. The summed E-state index contributed by atoms with van der Waals surface area (Å²) >= 11 is 0. The smallest absolute Gasteiger partial charge is 0.321 e. The molecule has 1 aromatic heterocycles. The molecule has 148 valence electrons. The molecule has 0 bridgehead atoms. The van der Waals surface area contributed by atoms with Gasteiger partial charge in [0.1, 0.15) is 0 Å². The number of piperazine rings is 1. The fourth-order valence-corrected chi connectivity index (χ4v) is 4.08. The number of hydrogen-bond donors (Lipinski definition) is 1. The van der Waals surface area contributed by atoms with Gasteiger partial charge in [-0.1, -0.05) is 18.2 Å². The van der Waals surface area contributed by atoms with Crippen LogP contribution < -0.4 is 5.32 Å². The van der Waals surface area contributed by atoms with Crippen molar-refractivity contribution < 1.29 is 9.59 Å². The molecular formula is C22H28N4O2. The SMILES string of the molecule is Cc1cc(C(=O)CN2CCN(C(=O)Nc3ccccc3)CC2)c(C)n1C1CC1. The maximum Gasteiger partial charge on any atom is 0.321 e. The van der Waals surface area contributed by atoms with E-state index in [1.54, 1.807) is 0 Å². The van der Waals surface area contributed by atoms with E-state index in [1.807, 2.05) is 41.3 Å². The molecule has 0 atom stereocenters. The summed E-state index contributed by atoms with van der Waals surface area (Å²) in [6, 6.07) is 12.0. The second-order valence-corrected chi connectivity index (χ2v) is 7.87. The molecule has 0 spiro atoms. The van der Waals surface area contributed by atoms with Crippen LogP contribution in [0.2, 0.25) is 0 Å². The van der Waals surface area contributed by atoms with Crippen molar-refractivity contribution in [2.75, 3.05) is 38.0 Å². The lowest BCUT2D eigenvalue weighted by molar-refractivity contribution is 0.0883. The van der Waals surface area contributed by atoms with Crippen LogP contribution in [0.5, 0.6) is 0 Å². The number of amides is 2. The van der Waals surface area contributed by atoms with Crippen molar-refractivity contribution in [1.29, 1.82) is 0 Å². The average Bonchev–Trinajstić information content (AvgIpc) is 3.47. The molecule has 1 N–H and O–H groups in total. The van der Waals surface area contributed by atoms with E-state index in [0.717, 1.165) is 30.0 Å². The van der Waals surface area contributed by atoms with Crippen molar-refractivity contribution in [3.8, 4) is 0 Å². The number of ketones is 1. The molecule has 2 fully saturated rings. The maximum atomic E-state index is 12.9. The Morgan fingerprint density at radius 1 is 1.04 bits per heavy atom. The largest absolute Gasteiger partial charge is 0.345 e. The summed E-state index contributed by atoms with van der Waals surface area (Å²) in [5.41, 5.74) is 3.95. The van der Waals surface area contributed by atoms with Gasteiger partial charge in [0.2, 0.25) is 0 Å². The highest BCUT2D eigenvalue weighted by Gasteiger charge is 2.29. The molecule has 1 aromatic carbocycles. The van der Waals surface area contributed by atoms with Crippen LogP contribution in [0.25, 0.3) is 0 Å². The molecule has 4 rings (SSSR count).